The van der Waals surface area contributed by atoms with E-state index < -0.39 is 10.0 Å². The van der Waals surface area contributed by atoms with Crippen molar-refractivity contribution in [3.63, 3.8) is 0 Å². The van der Waals surface area contributed by atoms with Gasteiger partial charge in [0, 0.05) is 17.7 Å². The van der Waals surface area contributed by atoms with E-state index >= 15 is 0 Å². The predicted octanol–water partition coefficient (Wildman–Crippen LogP) is 2.67. The van der Waals surface area contributed by atoms with Gasteiger partial charge >= 0.3 is 0 Å². The molecule has 0 aliphatic rings. The van der Waals surface area contributed by atoms with Crippen molar-refractivity contribution in [3.8, 4) is 0 Å². The van der Waals surface area contributed by atoms with Gasteiger partial charge in [0.05, 0.1) is 5.69 Å². The number of benzene rings is 1. The molecule has 2 aromatic rings. The molecule has 6 heteroatoms. The Morgan fingerprint density at radius 1 is 1.11 bits per heavy atom. The molecule has 2 rings (SSSR count). The average Bonchev–Trinajstić information content (AvgIpc) is 2.39. The van der Waals surface area contributed by atoms with Gasteiger partial charge in [-0.3, -0.25) is 4.31 Å². The number of nitrogens with zero attached hydrogens (tertiary/aromatic N) is 2. The van der Waals surface area contributed by atoms with Gasteiger partial charge in [0.2, 0.25) is 0 Å². The standard InChI is InChI=1S/C12H11BrN2O2S/c1-15(11-7-3-2-6-10(11)13)18(16,17)12-8-4-5-9-14-12/h2-9H,1H3. The van der Waals surface area contributed by atoms with Gasteiger partial charge in [-0.25, -0.2) is 4.98 Å². The van der Waals surface area contributed by atoms with Crippen LogP contribution in [0.25, 0.3) is 0 Å². The summed E-state index contributed by atoms with van der Waals surface area (Å²) >= 11 is 3.34. The fourth-order valence-electron chi connectivity index (χ4n) is 1.48. The van der Waals surface area contributed by atoms with Gasteiger partial charge in [0.15, 0.2) is 5.03 Å². The van der Waals surface area contributed by atoms with E-state index in [1.165, 1.54) is 23.6 Å². The lowest BCUT2D eigenvalue weighted by Gasteiger charge is -2.19. The summed E-state index contributed by atoms with van der Waals surface area (Å²) in [6.45, 7) is 0. The third kappa shape index (κ3) is 2.39. The number of sulfonamides is 1. The van der Waals surface area contributed by atoms with Crippen LogP contribution in [0.15, 0.2) is 58.2 Å². The van der Waals surface area contributed by atoms with Crippen LogP contribution in [0.5, 0.6) is 0 Å². The zero-order chi connectivity index (χ0) is 13.2. The molecule has 1 aromatic carbocycles. The lowest BCUT2D eigenvalue weighted by atomic mass is 10.3. The van der Waals surface area contributed by atoms with Gasteiger partial charge in [0.1, 0.15) is 0 Å². The lowest BCUT2D eigenvalue weighted by Crippen LogP contribution is -2.27. The maximum absolute atomic E-state index is 12.3. The zero-order valence-electron chi connectivity index (χ0n) is 9.62. The molecule has 0 unspecified atom stereocenters. The van der Waals surface area contributed by atoms with Crippen LogP contribution < -0.4 is 4.31 Å². The first kappa shape index (κ1) is 13.0. The molecule has 1 heterocycles. The van der Waals surface area contributed by atoms with E-state index in [0.717, 1.165) is 0 Å². The smallest absolute Gasteiger partial charge is 0.267 e. The highest BCUT2D eigenvalue weighted by atomic mass is 79.9. The van der Waals surface area contributed by atoms with Crippen molar-refractivity contribution in [1.82, 2.24) is 4.98 Å². The van der Waals surface area contributed by atoms with Crippen LogP contribution in [0.3, 0.4) is 0 Å². The molecule has 0 N–H and O–H groups in total. The summed E-state index contributed by atoms with van der Waals surface area (Å²) in [6, 6.07) is 11.9. The Bertz CT molecular complexity index is 644. The monoisotopic (exact) mass is 326 g/mol. The first-order chi connectivity index (χ1) is 8.53. The van der Waals surface area contributed by atoms with Crippen molar-refractivity contribution in [2.75, 3.05) is 11.4 Å². The van der Waals surface area contributed by atoms with Gasteiger partial charge in [-0.1, -0.05) is 18.2 Å². The van der Waals surface area contributed by atoms with Crippen molar-refractivity contribution in [2.24, 2.45) is 0 Å². The topological polar surface area (TPSA) is 50.3 Å². The lowest BCUT2D eigenvalue weighted by molar-refractivity contribution is 0.590. The highest BCUT2D eigenvalue weighted by molar-refractivity contribution is 9.10. The van der Waals surface area contributed by atoms with Crippen LogP contribution in [0.4, 0.5) is 5.69 Å². The number of anilines is 1. The highest BCUT2D eigenvalue weighted by Gasteiger charge is 2.23. The summed E-state index contributed by atoms with van der Waals surface area (Å²) in [4.78, 5) is 3.88. The van der Waals surface area contributed by atoms with E-state index in [4.69, 9.17) is 0 Å². The third-order valence-electron chi connectivity index (χ3n) is 2.45. The molecule has 0 saturated heterocycles. The summed E-state index contributed by atoms with van der Waals surface area (Å²) in [5.74, 6) is 0. The summed E-state index contributed by atoms with van der Waals surface area (Å²) in [7, 11) is -2.12. The van der Waals surface area contributed by atoms with Crippen molar-refractivity contribution in [1.29, 1.82) is 0 Å². The van der Waals surface area contributed by atoms with Crippen molar-refractivity contribution in [3.05, 3.63) is 53.1 Å². The second-order valence-electron chi connectivity index (χ2n) is 3.59. The number of halogens is 1. The minimum atomic E-state index is -3.62. The predicted molar refractivity (Wildman–Crippen MR) is 74.0 cm³/mol. The van der Waals surface area contributed by atoms with Crippen molar-refractivity contribution in [2.45, 2.75) is 5.03 Å². The minimum Gasteiger partial charge on any atom is -0.267 e. The van der Waals surface area contributed by atoms with Crippen LogP contribution in [-0.2, 0) is 10.0 Å². The number of hydrogen-bond acceptors (Lipinski definition) is 3. The number of para-hydroxylation sites is 1. The molecule has 0 atom stereocenters. The average molecular weight is 327 g/mol. The number of hydrogen-bond donors (Lipinski definition) is 0. The van der Waals surface area contributed by atoms with E-state index in [0.29, 0.717) is 10.2 Å². The molecule has 0 radical (unpaired) electrons. The summed E-state index contributed by atoms with van der Waals surface area (Å²) in [6.07, 6.45) is 1.46. The van der Waals surface area contributed by atoms with E-state index in [-0.39, 0.29) is 5.03 Å². The van der Waals surface area contributed by atoms with Gasteiger partial charge in [-0.05, 0) is 40.2 Å². The molecular weight excluding hydrogens is 316 g/mol. The molecule has 94 valence electrons. The quantitative estimate of drug-likeness (QED) is 0.871. The van der Waals surface area contributed by atoms with Crippen molar-refractivity contribution < 1.29 is 8.42 Å². The van der Waals surface area contributed by atoms with E-state index in [2.05, 4.69) is 20.9 Å². The van der Waals surface area contributed by atoms with Crippen LogP contribution in [-0.4, -0.2) is 20.4 Å². The zero-order valence-corrected chi connectivity index (χ0v) is 12.0. The second kappa shape index (κ2) is 5.07. The Labute approximate surface area is 114 Å². The summed E-state index contributed by atoms with van der Waals surface area (Å²) in [5, 5.41) is 0.0308. The minimum absolute atomic E-state index is 0.0308. The maximum Gasteiger partial charge on any atom is 0.281 e. The summed E-state index contributed by atoms with van der Waals surface area (Å²) in [5.41, 5.74) is 0.572. The number of pyridine rings is 1. The van der Waals surface area contributed by atoms with Gasteiger partial charge in [-0.15, -0.1) is 0 Å². The molecule has 18 heavy (non-hydrogen) atoms. The Morgan fingerprint density at radius 2 is 1.78 bits per heavy atom. The molecular formula is C12H11BrN2O2S. The van der Waals surface area contributed by atoms with E-state index in [9.17, 15) is 8.42 Å². The molecule has 0 spiro atoms. The maximum atomic E-state index is 12.3. The first-order valence-corrected chi connectivity index (χ1v) is 7.41. The van der Waals surface area contributed by atoms with Crippen LogP contribution in [0.2, 0.25) is 0 Å². The fourth-order valence-corrected chi connectivity index (χ4v) is 3.29. The SMILES string of the molecule is CN(c1ccccc1Br)S(=O)(=O)c1ccccn1. The fraction of sp³-hybridized carbons (Fsp3) is 0.0833. The number of aromatic nitrogens is 1. The largest absolute Gasteiger partial charge is 0.281 e. The molecule has 0 amide bonds. The van der Waals surface area contributed by atoms with Crippen LogP contribution in [0, 0.1) is 0 Å². The Kier molecular flexibility index (Phi) is 3.68. The number of rotatable bonds is 3. The Morgan fingerprint density at radius 3 is 2.39 bits per heavy atom. The Balaban J connectivity index is 2.47. The summed E-state index contributed by atoms with van der Waals surface area (Å²) < 4.78 is 26.6. The molecule has 4 nitrogen and oxygen atoms in total. The molecule has 0 bridgehead atoms. The molecule has 1 aromatic heterocycles. The van der Waals surface area contributed by atoms with Crippen LogP contribution in [0.1, 0.15) is 0 Å². The van der Waals surface area contributed by atoms with E-state index in [1.54, 1.807) is 30.3 Å². The highest BCUT2D eigenvalue weighted by Crippen LogP contribution is 2.28. The molecule has 0 fully saturated rings. The van der Waals surface area contributed by atoms with Crippen molar-refractivity contribution >= 4 is 31.6 Å². The van der Waals surface area contributed by atoms with Gasteiger partial charge in [-0.2, -0.15) is 8.42 Å². The molecule has 0 saturated carbocycles. The third-order valence-corrected chi connectivity index (χ3v) is 4.81. The first-order valence-electron chi connectivity index (χ1n) is 5.18. The normalized spacial score (nSPS) is 11.2. The van der Waals surface area contributed by atoms with Crippen LogP contribution >= 0.6 is 15.9 Å². The van der Waals surface area contributed by atoms with Gasteiger partial charge in [0.25, 0.3) is 10.0 Å². The van der Waals surface area contributed by atoms with Gasteiger partial charge < -0.3 is 0 Å². The molecule has 0 aliphatic heterocycles. The molecule has 0 aliphatic carbocycles. The Hall–Kier alpha value is -1.40. The second-order valence-corrected chi connectivity index (χ2v) is 6.36. The van der Waals surface area contributed by atoms with E-state index in [1.807, 2.05) is 6.07 Å².